The van der Waals surface area contributed by atoms with E-state index in [2.05, 4.69) is 20.9 Å². The molecular formula is C14H8BrClN2O3. The number of H-pyrrole nitrogens is 1. The molecule has 2 aromatic carbocycles. The molecule has 0 aliphatic rings. The second-order valence-corrected chi connectivity index (χ2v) is 5.63. The number of nitrogens with one attached hydrogen (secondary N) is 1. The number of fused-ring (bicyclic) bond motifs is 1. The molecule has 0 saturated carbocycles. The number of nitrogens with zero attached hydrogens (tertiary/aromatic N) is 1. The predicted molar refractivity (Wildman–Crippen MR) is 83.6 cm³/mol. The molecule has 7 heteroatoms. The summed E-state index contributed by atoms with van der Waals surface area (Å²) in [6.07, 6.45) is 0. The van der Waals surface area contributed by atoms with Gasteiger partial charge in [-0.2, -0.15) is 0 Å². The van der Waals surface area contributed by atoms with E-state index >= 15 is 0 Å². The summed E-state index contributed by atoms with van der Waals surface area (Å²) in [6.45, 7) is 0. The second-order valence-electron chi connectivity index (χ2n) is 4.37. The molecular weight excluding hydrogens is 360 g/mol. The van der Waals surface area contributed by atoms with Crippen molar-refractivity contribution in [1.82, 2.24) is 9.55 Å². The number of carboxylic acid groups (broad SMARTS) is 1. The molecule has 0 aliphatic heterocycles. The van der Waals surface area contributed by atoms with Crippen molar-refractivity contribution in [2.45, 2.75) is 0 Å². The molecule has 21 heavy (non-hydrogen) atoms. The predicted octanol–water partition coefficient (Wildman–Crippen LogP) is 3.43. The highest BCUT2D eigenvalue weighted by molar-refractivity contribution is 9.10. The Labute approximate surface area is 131 Å². The Morgan fingerprint density at radius 3 is 2.71 bits per heavy atom. The Morgan fingerprint density at radius 1 is 1.29 bits per heavy atom. The van der Waals surface area contributed by atoms with Gasteiger partial charge in [-0.3, -0.25) is 4.57 Å². The van der Waals surface area contributed by atoms with Gasteiger partial charge in [0, 0.05) is 4.47 Å². The zero-order valence-corrected chi connectivity index (χ0v) is 12.8. The van der Waals surface area contributed by atoms with Crippen LogP contribution in [0.4, 0.5) is 0 Å². The van der Waals surface area contributed by atoms with Crippen LogP contribution in [0.15, 0.2) is 45.7 Å². The number of imidazole rings is 1. The molecule has 0 fully saturated rings. The second kappa shape index (κ2) is 5.05. The fraction of sp³-hybridized carbons (Fsp3) is 0. The lowest BCUT2D eigenvalue weighted by Gasteiger charge is -2.05. The van der Waals surface area contributed by atoms with E-state index in [1.54, 1.807) is 30.3 Å². The topological polar surface area (TPSA) is 75.1 Å². The molecule has 3 aromatic rings. The highest BCUT2D eigenvalue weighted by atomic mass is 79.9. The lowest BCUT2D eigenvalue weighted by molar-refractivity contribution is 0.0699. The molecule has 1 heterocycles. The summed E-state index contributed by atoms with van der Waals surface area (Å²) < 4.78 is 2.10. The number of carbonyl (C=O) groups is 1. The van der Waals surface area contributed by atoms with Crippen molar-refractivity contribution in [3.63, 3.8) is 0 Å². The molecule has 0 unspecified atom stereocenters. The molecule has 0 spiro atoms. The third-order valence-electron chi connectivity index (χ3n) is 3.11. The summed E-state index contributed by atoms with van der Waals surface area (Å²) in [5, 5.41) is 9.64. The molecule has 3 rings (SSSR count). The molecule has 0 atom stereocenters. The zero-order chi connectivity index (χ0) is 15.1. The SMILES string of the molecule is O=C(O)c1cccc2c1[nH]c(=O)n2-c1ccc(Br)c(Cl)c1. The van der Waals surface area contributed by atoms with Gasteiger partial charge in [0.25, 0.3) is 0 Å². The van der Waals surface area contributed by atoms with Crippen molar-refractivity contribution in [2.24, 2.45) is 0 Å². The molecule has 0 amide bonds. The third kappa shape index (κ3) is 2.26. The first-order valence-electron chi connectivity index (χ1n) is 5.91. The molecule has 5 nitrogen and oxygen atoms in total. The summed E-state index contributed by atoms with van der Waals surface area (Å²) in [5.41, 5.74) is 0.956. The zero-order valence-electron chi connectivity index (χ0n) is 10.4. The minimum absolute atomic E-state index is 0.0477. The first kappa shape index (κ1) is 13.9. The van der Waals surface area contributed by atoms with Crippen LogP contribution in [0.3, 0.4) is 0 Å². The Balaban J connectivity index is 2.35. The van der Waals surface area contributed by atoms with Crippen LogP contribution >= 0.6 is 27.5 Å². The number of halogens is 2. The number of aromatic amines is 1. The standard InChI is InChI=1S/C14H8BrClN2O3/c15-9-5-4-7(6-10(9)16)18-11-3-1-2-8(13(19)20)12(11)17-14(18)21/h1-6H,(H,17,21)(H,19,20). The highest BCUT2D eigenvalue weighted by Gasteiger charge is 2.15. The van der Waals surface area contributed by atoms with Crippen molar-refractivity contribution in [2.75, 3.05) is 0 Å². The molecule has 0 bridgehead atoms. The van der Waals surface area contributed by atoms with Gasteiger partial charge in [0.15, 0.2) is 0 Å². The van der Waals surface area contributed by atoms with Gasteiger partial charge in [0.05, 0.1) is 27.3 Å². The molecule has 1 aromatic heterocycles. The summed E-state index contributed by atoms with van der Waals surface area (Å²) in [4.78, 5) is 26.0. The van der Waals surface area contributed by atoms with Gasteiger partial charge in [0.1, 0.15) is 0 Å². The number of aromatic nitrogens is 2. The van der Waals surface area contributed by atoms with Crippen LogP contribution in [0.5, 0.6) is 0 Å². The lowest BCUT2D eigenvalue weighted by atomic mass is 10.2. The molecule has 0 saturated heterocycles. The summed E-state index contributed by atoms with van der Waals surface area (Å²) in [7, 11) is 0. The van der Waals surface area contributed by atoms with Crippen molar-refractivity contribution in [3.8, 4) is 5.69 Å². The quantitative estimate of drug-likeness (QED) is 0.728. The maximum atomic E-state index is 12.2. The molecule has 2 N–H and O–H groups in total. The van der Waals surface area contributed by atoms with Crippen LogP contribution in [0, 0.1) is 0 Å². The number of carboxylic acids is 1. The number of rotatable bonds is 2. The van der Waals surface area contributed by atoms with Crippen molar-refractivity contribution in [3.05, 3.63) is 61.9 Å². The first-order chi connectivity index (χ1) is 9.99. The number of aromatic carboxylic acids is 1. The summed E-state index contributed by atoms with van der Waals surface area (Å²) >= 11 is 9.34. The Hall–Kier alpha value is -2.05. The Bertz CT molecular complexity index is 930. The van der Waals surface area contributed by atoms with Gasteiger partial charge in [-0.05, 0) is 46.3 Å². The van der Waals surface area contributed by atoms with Crippen LogP contribution in [-0.2, 0) is 0 Å². The minimum Gasteiger partial charge on any atom is -0.478 e. The van der Waals surface area contributed by atoms with E-state index in [-0.39, 0.29) is 11.1 Å². The summed E-state index contributed by atoms with van der Waals surface area (Å²) in [5.74, 6) is -1.09. The first-order valence-corrected chi connectivity index (χ1v) is 7.08. The van der Waals surface area contributed by atoms with Crippen LogP contribution in [0.2, 0.25) is 5.02 Å². The van der Waals surface area contributed by atoms with E-state index in [1.165, 1.54) is 10.6 Å². The van der Waals surface area contributed by atoms with Crippen LogP contribution < -0.4 is 5.69 Å². The van der Waals surface area contributed by atoms with Gasteiger partial charge in [-0.1, -0.05) is 17.7 Å². The van der Waals surface area contributed by atoms with E-state index < -0.39 is 11.7 Å². The van der Waals surface area contributed by atoms with Gasteiger partial charge in [0.2, 0.25) is 0 Å². The number of hydrogen-bond donors (Lipinski definition) is 2. The van der Waals surface area contributed by atoms with Crippen LogP contribution in [0.25, 0.3) is 16.7 Å². The largest absolute Gasteiger partial charge is 0.478 e. The Morgan fingerprint density at radius 2 is 2.05 bits per heavy atom. The third-order valence-corrected chi connectivity index (χ3v) is 4.34. The van der Waals surface area contributed by atoms with Crippen molar-refractivity contribution in [1.29, 1.82) is 0 Å². The average molecular weight is 368 g/mol. The molecule has 106 valence electrons. The van der Waals surface area contributed by atoms with E-state index in [0.29, 0.717) is 20.7 Å². The van der Waals surface area contributed by atoms with Crippen molar-refractivity contribution < 1.29 is 9.90 Å². The average Bonchev–Trinajstić information content (AvgIpc) is 2.77. The van der Waals surface area contributed by atoms with Crippen LogP contribution in [-0.4, -0.2) is 20.6 Å². The minimum atomic E-state index is -1.09. The van der Waals surface area contributed by atoms with E-state index in [0.717, 1.165) is 0 Å². The van der Waals surface area contributed by atoms with Gasteiger partial charge >= 0.3 is 11.7 Å². The number of benzene rings is 2. The fourth-order valence-corrected chi connectivity index (χ4v) is 2.61. The monoisotopic (exact) mass is 366 g/mol. The van der Waals surface area contributed by atoms with E-state index in [4.69, 9.17) is 11.6 Å². The number of para-hydroxylation sites is 1. The molecule has 0 radical (unpaired) electrons. The fourth-order valence-electron chi connectivity index (χ4n) is 2.19. The smallest absolute Gasteiger partial charge is 0.337 e. The van der Waals surface area contributed by atoms with E-state index in [1.807, 2.05) is 0 Å². The van der Waals surface area contributed by atoms with Gasteiger partial charge < -0.3 is 10.1 Å². The molecule has 0 aliphatic carbocycles. The van der Waals surface area contributed by atoms with E-state index in [9.17, 15) is 14.7 Å². The summed E-state index contributed by atoms with van der Waals surface area (Å²) in [6, 6.07) is 9.79. The lowest BCUT2D eigenvalue weighted by Crippen LogP contribution is -2.14. The highest BCUT2D eigenvalue weighted by Crippen LogP contribution is 2.26. The van der Waals surface area contributed by atoms with Crippen LogP contribution in [0.1, 0.15) is 10.4 Å². The normalized spacial score (nSPS) is 11.0. The van der Waals surface area contributed by atoms with Gasteiger partial charge in [-0.25, -0.2) is 9.59 Å². The Kier molecular flexibility index (Phi) is 3.35. The maximum Gasteiger partial charge on any atom is 0.337 e. The maximum absolute atomic E-state index is 12.2. The van der Waals surface area contributed by atoms with Gasteiger partial charge in [-0.15, -0.1) is 0 Å². The number of hydrogen-bond acceptors (Lipinski definition) is 2. The van der Waals surface area contributed by atoms with Crippen molar-refractivity contribution >= 4 is 44.5 Å².